The van der Waals surface area contributed by atoms with Gasteiger partial charge >= 0.3 is 0 Å². The van der Waals surface area contributed by atoms with Gasteiger partial charge in [0.25, 0.3) is 5.69 Å². The first-order valence-corrected chi connectivity index (χ1v) is 6.58. The Hall–Kier alpha value is -2.18. The molecule has 1 unspecified atom stereocenters. The van der Waals surface area contributed by atoms with Crippen LogP contribution in [-0.4, -0.2) is 28.4 Å². The number of hydrogen-bond acceptors (Lipinski definition) is 5. The molecule has 7 heteroatoms. The van der Waals surface area contributed by atoms with E-state index < -0.39 is 4.92 Å². The first-order valence-electron chi connectivity index (χ1n) is 6.58. The minimum absolute atomic E-state index is 0.00920. The molecule has 0 aliphatic carbocycles. The van der Waals surface area contributed by atoms with E-state index in [0.717, 1.165) is 6.42 Å². The molecule has 1 amide bonds. The Morgan fingerprint density at radius 1 is 1.55 bits per heavy atom. The van der Waals surface area contributed by atoms with Gasteiger partial charge in [-0.15, -0.1) is 0 Å². The molecule has 110 valence electrons. The zero-order valence-corrected chi connectivity index (χ0v) is 12.0. The summed E-state index contributed by atoms with van der Waals surface area (Å²) in [5.74, 6) is 0.509. The van der Waals surface area contributed by atoms with Gasteiger partial charge < -0.3 is 10.6 Å². The van der Waals surface area contributed by atoms with Gasteiger partial charge in [-0.3, -0.25) is 14.9 Å². The summed E-state index contributed by atoms with van der Waals surface area (Å²) >= 11 is 0. The predicted molar refractivity (Wildman–Crippen MR) is 76.6 cm³/mol. The third kappa shape index (κ3) is 4.83. The Morgan fingerprint density at radius 3 is 2.80 bits per heavy atom. The Balaban J connectivity index is 2.45. The van der Waals surface area contributed by atoms with Crippen LogP contribution in [0, 0.1) is 17.0 Å². The number of rotatable bonds is 7. The maximum atomic E-state index is 11.6. The molecule has 0 saturated carbocycles. The van der Waals surface area contributed by atoms with Gasteiger partial charge in [0, 0.05) is 24.6 Å². The molecular weight excluding hydrogens is 260 g/mol. The molecule has 1 heterocycles. The van der Waals surface area contributed by atoms with Crippen LogP contribution >= 0.6 is 0 Å². The average molecular weight is 280 g/mol. The van der Waals surface area contributed by atoms with Crippen LogP contribution in [0.4, 0.5) is 11.5 Å². The van der Waals surface area contributed by atoms with E-state index in [4.69, 9.17) is 0 Å². The predicted octanol–water partition coefficient (Wildman–Crippen LogP) is 2.01. The first-order chi connectivity index (χ1) is 9.43. The van der Waals surface area contributed by atoms with Crippen LogP contribution in [0.2, 0.25) is 0 Å². The summed E-state index contributed by atoms with van der Waals surface area (Å²) in [5.41, 5.74) is 0.529. The number of pyridine rings is 1. The second kappa shape index (κ2) is 7.42. The second-order valence-corrected chi connectivity index (χ2v) is 4.67. The van der Waals surface area contributed by atoms with E-state index >= 15 is 0 Å². The van der Waals surface area contributed by atoms with Crippen molar-refractivity contribution in [1.29, 1.82) is 0 Å². The fourth-order valence-corrected chi connectivity index (χ4v) is 1.59. The Kier molecular flexibility index (Phi) is 5.89. The van der Waals surface area contributed by atoms with Crippen molar-refractivity contribution in [3.63, 3.8) is 0 Å². The summed E-state index contributed by atoms with van der Waals surface area (Å²) in [7, 11) is 0. The molecule has 2 N–H and O–H groups in total. The Labute approximate surface area is 117 Å². The fourth-order valence-electron chi connectivity index (χ4n) is 1.59. The van der Waals surface area contributed by atoms with Crippen molar-refractivity contribution in [2.45, 2.75) is 39.7 Å². The minimum Gasteiger partial charge on any atom is -0.370 e. The third-order valence-corrected chi connectivity index (χ3v) is 2.96. The summed E-state index contributed by atoms with van der Waals surface area (Å²) in [6.07, 6.45) is 2.45. The topological polar surface area (TPSA) is 97.2 Å². The lowest BCUT2D eigenvalue weighted by Gasteiger charge is -2.11. The number of aromatic nitrogens is 1. The maximum absolute atomic E-state index is 11.6. The maximum Gasteiger partial charge on any atom is 0.290 e. The van der Waals surface area contributed by atoms with E-state index in [9.17, 15) is 14.9 Å². The number of nitro groups is 1. The number of nitrogens with zero attached hydrogens (tertiary/aromatic N) is 2. The van der Waals surface area contributed by atoms with Gasteiger partial charge in [-0.2, -0.15) is 0 Å². The molecule has 1 rings (SSSR count). The SMILES string of the molecule is CCC(C)NC(=O)CCNc1cc(C)c([N+](=O)[O-])cn1. The van der Waals surface area contributed by atoms with Crippen LogP contribution in [0.3, 0.4) is 0 Å². The van der Waals surface area contributed by atoms with Gasteiger partial charge in [-0.05, 0) is 26.3 Å². The molecule has 0 spiro atoms. The molecule has 0 bridgehead atoms. The lowest BCUT2D eigenvalue weighted by Crippen LogP contribution is -2.33. The largest absolute Gasteiger partial charge is 0.370 e. The minimum atomic E-state index is -0.467. The van der Waals surface area contributed by atoms with Crippen LogP contribution in [0.1, 0.15) is 32.3 Å². The van der Waals surface area contributed by atoms with Crippen molar-refractivity contribution >= 4 is 17.4 Å². The Morgan fingerprint density at radius 2 is 2.25 bits per heavy atom. The molecule has 1 aromatic rings. The fraction of sp³-hybridized carbons (Fsp3) is 0.538. The zero-order chi connectivity index (χ0) is 15.1. The van der Waals surface area contributed by atoms with E-state index in [0.29, 0.717) is 24.3 Å². The number of aryl methyl sites for hydroxylation is 1. The normalized spacial score (nSPS) is 11.8. The molecule has 0 radical (unpaired) electrons. The monoisotopic (exact) mass is 280 g/mol. The highest BCUT2D eigenvalue weighted by Gasteiger charge is 2.11. The molecular formula is C13H20N4O3. The first kappa shape index (κ1) is 15.9. The van der Waals surface area contributed by atoms with Crippen molar-refractivity contribution in [1.82, 2.24) is 10.3 Å². The van der Waals surface area contributed by atoms with Crippen molar-refractivity contribution in [3.05, 3.63) is 27.9 Å². The lowest BCUT2D eigenvalue weighted by atomic mass is 10.2. The molecule has 0 aliphatic rings. The summed E-state index contributed by atoms with van der Waals surface area (Å²) in [5, 5.41) is 16.5. The highest BCUT2D eigenvalue weighted by molar-refractivity contribution is 5.76. The van der Waals surface area contributed by atoms with Crippen LogP contribution in [0.5, 0.6) is 0 Å². The van der Waals surface area contributed by atoms with Crippen molar-refractivity contribution in [2.75, 3.05) is 11.9 Å². The van der Waals surface area contributed by atoms with Gasteiger partial charge in [0.05, 0.1) is 4.92 Å². The van der Waals surface area contributed by atoms with Crippen LogP contribution < -0.4 is 10.6 Å². The molecule has 0 aliphatic heterocycles. The Bertz CT molecular complexity index is 491. The molecule has 1 atom stereocenters. The van der Waals surface area contributed by atoms with E-state index in [2.05, 4.69) is 15.6 Å². The van der Waals surface area contributed by atoms with Crippen LogP contribution in [0.15, 0.2) is 12.3 Å². The molecule has 20 heavy (non-hydrogen) atoms. The number of carbonyl (C=O) groups excluding carboxylic acids is 1. The highest BCUT2D eigenvalue weighted by atomic mass is 16.6. The number of hydrogen-bond donors (Lipinski definition) is 2. The summed E-state index contributed by atoms with van der Waals surface area (Å²) in [6, 6.07) is 1.77. The number of nitrogens with one attached hydrogen (secondary N) is 2. The number of anilines is 1. The van der Waals surface area contributed by atoms with Crippen LogP contribution in [-0.2, 0) is 4.79 Å². The molecule has 1 aromatic heterocycles. The average Bonchev–Trinajstić information content (AvgIpc) is 2.38. The number of carbonyl (C=O) groups is 1. The summed E-state index contributed by atoms with van der Waals surface area (Å²) in [6.45, 7) is 6.05. The quantitative estimate of drug-likeness (QED) is 0.588. The van der Waals surface area contributed by atoms with E-state index in [1.54, 1.807) is 13.0 Å². The standard InChI is InChI=1S/C13H20N4O3/c1-4-10(3)16-13(18)5-6-14-12-7-9(2)11(8-15-12)17(19)20/h7-8,10H,4-6H2,1-3H3,(H,14,15)(H,16,18). The smallest absolute Gasteiger partial charge is 0.290 e. The lowest BCUT2D eigenvalue weighted by molar-refractivity contribution is -0.385. The summed E-state index contributed by atoms with van der Waals surface area (Å²) < 4.78 is 0. The van der Waals surface area contributed by atoms with E-state index in [1.165, 1.54) is 6.20 Å². The zero-order valence-electron chi connectivity index (χ0n) is 12.0. The van der Waals surface area contributed by atoms with Crippen molar-refractivity contribution < 1.29 is 9.72 Å². The van der Waals surface area contributed by atoms with E-state index in [-0.39, 0.29) is 17.6 Å². The van der Waals surface area contributed by atoms with E-state index in [1.807, 2.05) is 13.8 Å². The van der Waals surface area contributed by atoms with Gasteiger partial charge in [0.1, 0.15) is 12.0 Å². The molecule has 0 saturated heterocycles. The van der Waals surface area contributed by atoms with Crippen LogP contribution in [0.25, 0.3) is 0 Å². The van der Waals surface area contributed by atoms with Gasteiger partial charge in [0.15, 0.2) is 0 Å². The van der Waals surface area contributed by atoms with Gasteiger partial charge in [-0.1, -0.05) is 6.92 Å². The third-order valence-electron chi connectivity index (χ3n) is 2.96. The summed E-state index contributed by atoms with van der Waals surface area (Å²) in [4.78, 5) is 25.7. The van der Waals surface area contributed by atoms with Crippen molar-refractivity contribution in [2.24, 2.45) is 0 Å². The molecule has 7 nitrogen and oxygen atoms in total. The molecule has 0 fully saturated rings. The second-order valence-electron chi connectivity index (χ2n) is 4.67. The van der Waals surface area contributed by atoms with Gasteiger partial charge in [-0.25, -0.2) is 4.98 Å². The molecule has 0 aromatic carbocycles. The highest BCUT2D eigenvalue weighted by Crippen LogP contribution is 2.18. The van der Waals surface area contributed by atoms with Gasteiger partial charge in [0.2, 0.25) is 5.91 Å². The number of amides is 1. The van der Waals surface area contributed by atoms with Crippen molar-refractivity contribution in [3.8, 4) is 0 Å².